The predicted octanol–water partition coefficient (Wildman–Crippen LogP) is 2.03. The molecular formula is C9H6N-. The molecule has 1 heterocycles. The van der Waals surface area contributed by atoms with Gasteiger partial charge in [0.05, 0.1) is 0 Å². The molecule has 1 aromatic heterocycles. The first-order chi connectivity index (χ1) is 4.97. The van der Waals surface area contributed by atoms with Crippen LogP contribution in [0, 0.1) is 6.07 Å². The molecule has 48 valence electrons. The quantitative estimate of drug-likeness (QED) is 0.495. The van der Waals surface area contributed by atoms with E-state index in [1.165, 1.54) is 5.39 Å². The molecule has 1 aromatic carbocycles. The molecule has 1 nitrogen and oxygen atoms in total. The van der Waals surface area contributed by atoms with Crippen molar-refractivity contribution < 1.29 is 0 Å². The zero-order valence-electron chi connectivity index (χ0n) is 5.41. The van der Waals surface area contributed by atoms with Crippen LogP contribution in [0.1, 0.15) is 0 Å². The lowest BCUT2D eigenvalue weighted by atomic mass is 10.2. The summed E-state index contributed by atoms with van der Waals surface area (Å²) in [6, 6.07) is 10.8. The molecule has 0 aliphatic rings. The maximum atomic E-state index is 3.99. The van der Waals surface area contributed by atoms with Crippen molar-refractivity contribution >= 4 is 10.8 Å². The Bertz CT molecular complexity index is 276. The minimum atomic E-state index is 1.14. The van der Waals surface area contributed by atoms with Gasteiger partial charge in [0.2, 0.25) is 0 Å². The maximum Gasteiger partial charge on any atom is 0.0240 e. The number of hydrogen-bond donors (Lipinski definition) is 0. The summed E-state index contributed by atoms with van der Waals surface area (Å²) in [5, 5.41) is 2.36. The van der Waals surface area contributed by atoms with Crippen LogP contribution in [0.4, 0.5) is 0 Å². The summed E-state index contributed by atoms with van der Waals surface area (Å²) < 4.78 is 0. The Morgan fingerprint density at radius 3 is 3.10 bits per heavy atom. The fraction of sp³-hybridized carbons (Fsp3) is 0. The second kappa shape index (κ2) is 2.10. The van der Waals surface area contributed by atoms with Gasteiger partial charge in [0.15, 0.2) is 0 Å². The lowest BCUT2D eigenvalue weighted by Crippen LogP contribution is -1.71. The lowest BCUT2D eigenvalue weighted by molar-refractivity contribution is 1.36. The van der Waals surface area contributed by atoms with Gasteiger partial charge >= 0.3 is 0 Å². The van der Waals surface area contributed by atoms with Gasteiger partial charge < -0.3 is 0 Å². The third-order valence-corrected chi connectivity index (χ3v) is 1.49. The van der Waals surface area contributed by atoms with Crippen LogP contribution in [0.5, 0.6) is 0 Å². The highest BCUT2D eigenvalue weighted by atomic mass is 14.6. The summed E-state index contributed by atoms with van der Waals surface area (Å²) in [6.07, 6.45) is 3.63. The summed E-state index contributed by atoms with van der Waals surface area (Å²) in [5.74, 6) is 0. The molecule has 0 bridgehead atoms. The lowest BCUT2D eigenvalue weighted by Gasteiger charge is -2.00. The second-order valence-corrected chi connectivity index (χ2v) is 2.15. The minimum Gasteiger partial charge on any atom is -0.277 e. The third kappa shape index (κ3) is 0.760. The van der Waals surface area contributed by atoms with Crippen LogP contribution in [0.2, 0.25) is 0 Å². The van der Waals surface area contributed by atoms with Gasteiger partial charge in [-0.25, -0.2) is 0 Å². The van der Waals surface area contributed by atoms with Crippen molar-refractivity contribution in [2.75, 3.05) is 0 Å². The molecule has 0 fully saturated rings. The average molecular weight is 128 g/mol. The summed E-state index contributed by atoms with van der Waals surface area (Å²) in [5.41, 5.74) is 0. The van der Waals surface area contributed by atoms with Crippen LogP contribution in [0.3, 0.4) is 0 Å². The summed E-state index contributed by atoms with van der Waals surface area (Å²) in [4.78, 5) is 3.99. The fourth-order valence-corrected chi connectivity index (χ4v) is 0.966. The average Bonchev–Trinajstić information content (AvgIpc) is 2.05. The molecule has 0 atom stereocenters. The van der Waals surface area contributed by atoms with Gasteiger partial charge in [0.25, 0.3) is 0 Å². The van der Waals surface area contributed by atoms with Crippen LogP contribution in [-0.4, -0.2) is 4.98 Å². The van der Waals surface area contributed by atoms with Crippen LogP contribution in [0.25, 0.3) is 10.8 Å². The Morgan fingerprint density at radius 1 is 1.20 bits per heavy atom. The van der Waals surface area contributed by atoms with E-state index < -0.39 is 0 Å². The molecule has 0 amide bonds. The van der Waals surface area contributed by atoms with E-state index in [1.807, 2.05) is 30.5 Å². The van der Waals surface area contributed by atoms with Gasteiger partial charge in [-0.05, 0) is 6.20 Å². The maximum absolute atomic E-state index is 3.99. The smallest absolute Gasteiger partial charge is 0.0240 e. The van der Waals surface area contributed by atoms with E-state index in [2.05, 4.69) is 11.1 Å². The van der Waals surface area contributed by atoms with E-state index in [-0.39, 0.29) is 0 Å². The molecule has 0 saturated heterocycles. The third-order valence-electron chi connectivity index (χ3n) is 1.49. The largest absolute Gasteiger partial charge is 0.277 e. The topological polar surface area (TPSA) is 12.9 Å². The van der Waals surface area contributed by atoms with E-state index in [4.69, 9.17) is 0 Å². The zero-order valence-corrected chi connectivity index (χ0v) is 5.41. The van der Waals surface area contributed by atoms with Crippen molar-refractivity contribution in [3.8, 4) is 0 Å². The highest BCUT2D eigenvalue weighted by Crippen LogP contribution is 2.09. The van der Waals surface area contributed by atoms with Crippen LogP contribution < -0.4 is 0 Å². The minimum absolute atomic E-state index is 1.14. The van der Waals surface area contributed by atoms with Crippen molar-refractivity contribution in [2.24, 2.45) is 0 Å². The van der Waals surface area contributed by atoms with Gasteiger partial charge in [-0.1, -0.05) is 6.07 Å². The molecule has 0 aliphatic carbocycles. The first-order valence-corrected chi connectivity index (χ1v) is 3.17. The number of benzene rings is 1. The molecule has 10 heavy (non-hydrogen) atoms. The molecule has 2 aromatic rings. The Kier molecular flexibility index (Phi) is 1.14. The molecule has 0 spiro atoms. The Labute approximate surface area is 59.3 Å². The first-order valence-electron chi connectivity index (χ1n) is 3.17. The zero-order chi connectivity index (χ0) is 6.81. The predicted molar refractivity (Wildman–Crippen MR) is 40.6 cm³/mol. The standard InChI is InChI=1S/C9H6N/c1-2-4-9-7-10-6-5-8(9)3-1/h1,3-7H/q-1. The SMILES string of the molecule is [c-]1ccc2ccncc2c1. The van der Waals surface area contributed by atoms with E-state index in [9.17, 15) is 0 Å². The number of pyridine rings is 1. The number of aromatic nitrogens is 1. The fourth-order valence-electron chi connectivity index (χ4n) is 0.966. The van der Waals surface area contributed by atoms with Crippen LogP contribution in [0.15, 0.2) is 36.7 Å². The van der Waals surface area contributed by atoms with E-state index >= 15 is 0 Å². The van der Waals surface area contributed by atoms with E-state index in [1.54, 1.807) is 6.20 Å². The van der Waals surface area contributed by atoms with Crippen molar-refractivity contribution in [3.05, 3.63) is 42.7 Å². The highest BCUT2D eigenvalue weighted by Gasteiger charge is 1.77. The molecule has 0 aliphatic heterocycles. The van der Waals surface area contributed by atoms with Crippen molar-refractivity contribution in [2.45, 2.75) is 0 Å². The monoisotopic (exact) mass is 128 g/mol. The molecule has 1 heteroatoms. The Hall–Kier alpha value is -1.37. The van der Waals surface area contributed by atoms with Crippen LogP contribution in [-0.2, 0) is 0 Å². The summed E-state index contributed by atoms with van der Waals surface area (Å²) in [6.45, 7) is 0. The van der Waals surface area contributed by atoms with Gasteiger partial charge in [-0.2, -0.15) is 24.3 Å². The van der Waals surface area contributed by atoms with Gasteiger partial charge in [0.1, 0.15) is 0 Å². The van der Waals surface area contributed by atoms with E-state index in [0.717, 1.165) is 5.39 Å². The molecular weight excluding hydrogens is 122 g/mol. The first kappa shape index (κ1) is 5.42. The van der Waals surface area contributed by atoms with E-state index in [0.29, 0.717) is 0 Å². The summed E-state index contributed by atoms with van der Waals surface area (Å²) in [7, 11) is 0. The Morgan fingerprint density at radius 2 is 2.20 bits per heavy atom. The molecule has 0 unspecified atom stereocenters. The summed E-state index contributed by atoms with van der Waals surface area (Å²) >= 11 is 0. The normalized spacial score (nSPS) is 10.0. The molecule has 0 N–H and O–H groups in total. The number of fused-ring (bicyclic) bond motifs is 1. The number of hydrogen-bond acceptors (Lipinski definition) is 1. The van der Waals surface area contributed by atoms with Crippen molar-refractivity contribution in [1.82, 2.24) is 4.98 Å². The molecule has 2 rings (SSSR count). The van der Waals surface area contributed by atoms with Gasteiger partial charge in [0, 0.05) is 6.20 Å². The second-order valence-electron chi connectivity index (χ2n) is 2.15. The molecule has 0 radical (unpaired) electrons. The van der Waals surface area contributed by atoms with Crippen molar-refractivity contribution in [3.63, 3.8) is 0 Å². The number of rotatable bonds is 0. The van der Waals surface area contributed by atoms with Crippen molar-refractivity contribution in [1.29, 1.82) is 0 Å². The van der Waals surface area contributed by atoms with Gasteiger partial charge in [-0.15, -0.1) is 10.8 Å². The van der Waals surface area contributed by atoms with Crippen LogP contribution >= 0.6 is 0 Å². The number of nitrogens with zero attached hydrogens (tertiary/aromatic N) is 1. The van der Waals surface area contributed by atoms with Gasteiger partial charge in [-0.3, -0.25) is 4.98 Å². The Balaban J connectivity index is 2.89. The molecule has 0 saturated carbocycles. The highest BCUT2D eigenvalue weighted by molar-refractivity contribution is 5.80.